The maximum atomic E-state index is 12.2. The Morgan fingerprint density at radius 3 is 2.68 bits per heavy atom. The molecule has 0 radical (unpaired) electrons. The molecule has 1 amide bonds. The van der Waals surface area contributed by atoms with E-state index < -0.39 is 0 Å². The minimum Gasteiger partial charge on any atom is -0.338 e. The zero-order chi connectivity index (χ0) is 13.7. The molecule has 0 bridgehead atoms. The number of carbonyl (C=O) groups excluding carboxylic acids is 1. The highest BCUT2D eigenvalue weighted by Gasteiger charge is 2.21. The highest BCUT2D eigenvalue weighted by Crippen LogP contribution is 2.23. The van der Waals surface area contributed by atoms with Crippen LogP contribution in [0.4, 0.5) is 0 Å². The predicted octanol–water partition coefficient (Wildman–Crippen LogP) is 4.38. The molecule has 1 atom stereocenters. The third kappa shape index (κ3) is 4.34. The average Bonchev–Trinajstić information content (AvgIpc) is 2.57. The lowest BCUT2D eigenvalue weighted by atomic mass is 9.96. The fraction of sp³-hybridized carbons (Fsp3) is 0.562. The molecular weight excluding hydrogens is 302 g/mol. The summed E-state index contributed by atoms with van der Waals surface area (Å²) in [5.74, 6) is 1.06. The van der Waals surface area contributed by atoms with Crippen molar-refractivity contribution in [2.45, 2.75) is 45.6 Å². The normalized spacial score (nSPS) is 20.4. The van der Waals surface area contributed by atoms with Crippen LogP contribution in [0.5, 0.6) is 0 Å². The molecule has 0 aliphatic carbocycles. The van der Waals surface area contributed by atoms with Crippen LogP contribution in [0.15, 0.2) is 28.7 Å². The fourth-order valence-electron chi connectivity index (χ4n) is 2.77. The molecule has 0 N–H and O–H groups in total. The standard InChI is InChI=1S/C16H22BrNO/c1-2-3-13-6-9-16(19)18(11-10-13)12-14-4-7-15(17)8-5-14/h4-5,7-8,13H,2-3,6,9-12H2,1H3. The minimum absolute atomic E-state index is 0.321. The van der Waals surface area contributed by atoms with E-state index in [4.69, 9.17) is 0 Å². The van der Waals surface area contributed by atoms with E-state index in [0.29, 0.717) is 5.91 Å². The van der Waals surface area contributed by atoms with Crippen molar-refractivity contribution >= 4 is 21.8 Å². The van der Waals surface area contributed by atoms with E-state index in [1.54, 1.807) is 0 Å². The molecule has 0 spiro atoms. The number of hydrogen-bond acceptors (Lipinski definition) is 1. The summed E-state index contributed by atoms with van der Waals surface area (Å²) in [5.41, 5.74) is 1.21. The van der Waals surface area contributed by atoms with E-state index in [9.17, 15) is 4.79 Å². The number of likely N-dealkylation sites (tertiary alicyclic amines) is 1. The van der Waals surface area contributed by atoms with Crippen LogP contribution >= 0.6 is 15.9 Å². The molecule has 3 heteroatoms. The summed E-state index contributed by atoms with van der Waals surface area (Å²) in [5, 5.41) is 0. The lowest BCUT2D eigenvalue weighted by molar-refractivity contribution is -0.131. The van der Waals surface area contributed by atoms with Crippen molar-refractivity contribution < 1.29 is 4.79 Å². The molecule has 1 heterocycles. The lowest BCUT2D eigenvalue weighted by Crippen LogP contribution is -2.29. The van der Waals surface area contributed by atoms with E-state index in [0.717, 1.165) is 42.7 Å². The summed E-state index contributed by atoms with van der Waals surface area (Å²) in [6.07, 6.45) is 5.45. The first-order valence-electron chi connectivity index (χ1n) is 7.21. The second-order valence-corrected chi connectivity index (χ2v) is 6.34. The van der Waals surface area contributed by atoms with Gasteiger partial charge >= 0.3 is 0 Å². The molecule has 0 aromatic heterocycles. The summed E-state index contributed by atoms with van der Waals surface area (Å²) in [6.45, 7) is 3.90. The molecule has 2 rings (SSSR count). The molecule has 104 valence electrons. The summed E-state index contributed by atoms with van der Waals surface area (Å²) >= 11 is 3.44. The number of nitrogens with zero attached hydrogens (tertiary/aromatic N) is 1. The molecule has 1 aliphatic rings. The van der Waals surface area contributed by atoms with E-state index in [-0.39, 0.29) is 0 Å². The molecule has 2 nitrogen and oxygen atoms in total. The largest absolute Gasteiger partial charge is 0.338 e. The van der Waals surface area contributed by atoms with Gasteiger partial charge < -0.3 is 4.90 Å². The van der Waals surface area contributed by atoms with Crippen molar-refractivity contribution in [3.05, 3.63) is 34.3 Å². The summed E-state index contributed by atoms with van der Waals surface area (Å²) in [7, 11) is 0. The topological polar surface area (TPSA) is 20.3 Å². The van der Waals surface area contributed by atoms with Gasteiger partial charge in [0.25, 0.3) is 0 Å². The first kappa shape index (κ1) is 14.6. The van der Waals surface area contributed by atoms with Crippen LogP contribution in [0.1, 0.15) is 44.6 Å². The number of carbonyl (C=O) groups is 1. The van der Waals surface area contributed by atoms with Crippen molar-refractivity contribution in [3.63, 3.8) is 0 Å². The van der Waals surface area contributed by atoms with Crippen LogP contribution in [0.3, 0.4) is 0 Å². The van der Waals surface area contributed by atoms with Crippen LogP contribution in [0.25, 0.3) is 0 Å². The Hall–Kier alpha value is -0.830. The summed E-state index contributed by atoms with van der Waals surface area (Å²) in [4.78, 5) is 14.2. The van der Waals surface area contributed by atoms with Crippen molar-refractivity contribution in [2.24, 2.45) is 5.92 Å². The smallest absolute Gasteiger partial charge is 0.222 e. The lowest BCUT2D eigenvalue weighted by Gasteiger charge is -2.21. The van der Waals surface area contributed by atoms with Gasteiger partial charge in [-0.1, -0.05) is 47.8 Å². The van der Waals surface area contributed by atoms with Crippen molar-refractivity contribution in [2.75, 3.05) is 6.54 Å². The Morgan fingerprint density at radius 1 is 1.26 bits per heavy atom. The van der Waals surface area contributed by atoms with Gasteiger partial charge in [-0.25, -0.2) is 0 Å². The van der Waals surface area contributed by atoms with Crippen molar-refractivity contribution in [3.8, 4) is 0 Å². The van der Waals surface area contributed by atoms with Gasteiger partial charge in [-0.2, -0.15) is 0 Å². The Morgan fingerprint density at radius 2 is 2.00 bits per heavy atom. The van der Waals surface area contributed by atoms with Crippen LogP contribution in [-0.4, -0.2) is 17.4 Å². The number of rotatable bonds is 4. The number of hydrogen-bond donors (Lipinski definition) is 0. The zero-order valence-corrected chi connectivity index (χ0v) is 13.2. The molecule has 0 saturated carbocycles. The highest BCUT2D eigenvalue weighted by atomic mass is 79.9. The Balaban J connectivity index is 1.95. The molecule has 1 aromatic rings. The van der Waals surface area contributed by atoms with Crippen molar-refractivity contribution in [1.29, 1.82) is 0 Å². The Bertz CT molecular complexity index is 415. The van der Waals surface area contributed by atoms with Crippen LogP contribution in [0.2, 0.25) is 0 Å². The third-order valence-corrected chi connectivity index (χ3v) is 4.44. The number of amides is 1. The summed E-state index contributed by atoms with van der Waals surface area (Å²) in [6, 6.07) is 8.26. The fourth-order valence-corrected chi connectivity index (χ4v) is 3.03. The average molecular weight is 324 g/mol. The van der Waals surface area contributed by atoms with Gasteiger partial charge in [0.2, 0.25) is 5.91 Å². The third-order valence-electron chi connectivity index (χ3n) is 3.91. The van der Waals surface area contributed by atoms with Gasteiger partial charge in [0.1, 0.15) is 0 Å². The second-order valence-electron chi connectivity index (χ2n) is 5.42. The van der Waals surface area contributed by atoms with Gasteiger partial charge in [0, 0.05) is 24.0 Å². The minimum atomic E-state index is 0.321. The van der Waals surface area contributed by atoms with Crippen LogP contribution in [-0.2, 0) is 11.3 Å². The Labute approximate surface area is 124 Å². The molecule has 1 unspecified atom stereocenters. The Kier molecular flexibility index (Phi) is 5.44. The number of benzene rings is 1. The molecule has 1 aromatic carbocycles. The van der Waals surface area contributed by atoms with Gasteiger partial charge in [0.15, 0.2) is 0 Å². The molecule has 1 aliphatic heterocycles. The maximum Gasteiger partial charge on any atom is 0.222 e. The molecule has 19 heavy (non-hydrogen) atoms. The first-order chi connectivity index (χ1) is 9.19. The van der Waals surface area contributed by atoms with E-state index >= 15 is 0 Å². The van der Waals surface area contributed by atoms with Gasteiger partial charge in [-0.3, -0.25) is 4.79 Å². The monoisotopic (exact) mass is 323 g/mol. The molecule has 1 fully saturated rings. The first-order valence-corrected chi connectivity index (χ1v) is 8.00. The molecular formula is C16H22BrNO. The van der Waals surface area contributed by atoms with E-state index in [1.807, 2.05) is 17.0 Å². The number of halogens is 1. The predicted molar refractivity (Wildman–Crippen MR) is 81.8 cm³/mol. The maximum absolute atomic E-state index is 12.2. The van der Waals surface area contributed by atoms with Gasteiger partial charge in [0.05, 0.1) is 0 Å². The SMILES string of the molecule is CCCC1CCC(=O)N(Cc2ccc(Br)cc2)CC1. The highest BCUT2D eigenvalue weighted by molar-refractivity contribution is 9.10. The van der Waals surface area contributed by atoms with Crippen LogP contribution < -0.4 is 0 Å². The summed E-state index contributed by atoms with van der Waals surface area (Å²) < 4.78 is 1.08. The van der Waals surface area contributed by atoms with Gasteiger partial charge in [-0.15, -0.1) is 0 Å². The van der Waals surface area contributed by atoms with E-state index in [2.05, 4.69) is 35.0 Å². The van der Waals surface area contributed by atoms with E-state index in [1.165, 1.54) is 18.4 Å². The van der Waals surface area contributed by atoms with Crippen molar-refractivity contribution in [1.82, 2.24) is 4.90 Å². The zero-order valence-electron chi connectivity index (χ0n) is 11.6. The second kappa shape index (κ2) is 7.09. The molecule has 1 saturated heterocycles. The van der Waals surface area contributed by atoms with Gasteiger partial charge in [-0.05, 0) is 36.5 Å². The quantitative estimate of drug-likeness (QED) is 0.805. The van der Waals surface area contributed by atoms with Crippen LogP contribution in [0, 0.1) is 5.92 Å².